The first-order chi connectivity index (χ1) is 13.4. The Labute approximate surface area is 182 Å². The molecule has 0 aliphatic heterocycles. The van der Waals surface area contributed by atoms with Crippen molar-refractivity contribution in [3.63, 3.8) is 0 Å². The summed E-state index contributed by atoms with van der Waals surface area (Å²) in [5, 5.41) is 22.7. The number of halogens is 17. The Morgan fingerprint density at radius 3 is 0.657 bits per heavy atom. The van der Waals surface area contributed by atoms with E-state index in [1.807, 2.05) is 0 Å². The predicted molar refractivity (Wildman–Crippen MR) is 73.5 cm³/mol. The Morgan fingerprint density at radius 2 is 0.486 bits per heavy atom. The van der Waals surface area contributed by atoms with Gasteiger partial charge >= 0.3 is 54.7 Å². The van der Waals surface area contributed by atoms with Gasteiger partial charge in [-0.05, 0) is 0 Å². The first-order valence-corrected chi connectivity index (χ1v) is 6.36. The van der Waals surface area contributed by atoms with Crippen molar-refractivity contribution in [2.24, 2.45) is 0 Å². The molecule has 0 fully saturated rings. The van der Waals surface area contributed by atoms with E-state index >= 15 is 0 Å². The number of hydrogen-bond donors (Lipinski definition) is 3. The van der Waals surface area contributed by atoms with Crippen molar-refractivity contribution in [2.75, 3.05) is 0 Å². The Balaban J connectivity index is -0.00000160. The van der Waals surface area contributed by atoms with Crippen LogP contribution in [0.3, 0.4) is 0 Å². The fourth-order valence-electron chi connectivity index (χ4n) is 1.10. The smallest absolute Gasteiger partial charge is 0.329 e. The number of aliphatic hydroxyl groups is 3. The third kappa shape index (κ3) is 8.03. The lowest BCUT2D eigenvalue weighted by Gasteiger charge is -2.41. The lowest BCUT2D eigenvalue weighted by Crippen LogP contribution is -2.69. The number of ether oxygens (including phenoxy) is 3. The van der Waals surface area contributed by atoms with Gasteiger partial charge in [0.15, 0.2) is 0 Å². The Bertz CT molecular complexity index is 626. The molecule has 0 aromatic rings. The van der Waals surface area contributed by atoms with E-state index in [2.05, 4.69) is 0 Å². The molecule has 0 bridgehead atoms. The highest BCUT2D eigenvalue weighted by Crippen LogP contribution is 2.55. The van der Waals surface area contributed by atoms with Gasteiger partial charge in [-0.3, -0.25) is 4.74 Å². The molecule has 0 radical (unpaired) electrons. The molecule has 0 amide bonds. The summed E-state index contributed by atoms with van der Waals surface area (Å²) in [5.74, 6) is -8.17. The second-order valence-corrected chi connectivity index (χ2v) is 5.11. The second kappa shape index (κ2) is 10.5. The highest BCUT2D eigenvalue weighted by atomic mass is 19.4. The maximum Gasteiger partial charge on any atom is 0.452 e. The normalized spacial score (nSPS) is 15.1. The molecule has 0 aromatic carbocycles. The molecule has 35 heavy (non-hydrogen) atoms. The van der Waals surface area contributed by atoms with Crippen molar-refractivity contribution in [3.8, 4) is 0 Å². The van der Waals surface area contributed by atoms with E-state index in [0.717, 1.165) is 0 Å². The minimum Gasteiger partial charge on any atom is -0.329 e. The van der Waals surface area contributed by atoms with Crippen LogP contribution in [0.1, 0.15) is 22.3 Å². The lowest BCUT2D eigenvalue weighted by atomic mass is 10.2. The molecule has 0 saturated carbocycles. The van der Waals surface area contributed by atoms with Gasteiger partial charge in [0, 0.05) is 0 Å². The fourth-order valence-corrected chi connectivity index (χ4v) is 1.10. The van der Waals surface area contributed by atoms with Gasteiger partial charge in [0.05, 0.1) is 0 Å². The standard InChI is InChI=1S/C9H3F17O6.3CH4/c10-1(30-7(21,22)2(11,12)27,5(17,18)31-8(23,24)3(13,14)28)6(19,20)32-9(25,26)4(15,16)29;;;/h27-29H;3*1H4. The van der Waals surface area contributed by atoms with Crippen LogP contribution >= 0.6 is 0 Å². The molecule has 0 saturated heterocycles. The van der Waals surface area contributed by atoms with Gasteiger partial charge in [0.2, 0.25) is 0 Å². The molecule has 0 aliphatic carbocycles. The minimum atomic E-state index is -8.17. The zero-order valence-corrected chi connectivity index (χ0v) is 13.5. The third-order valence-corrected chi connectivity index (χ3v) is 2.58. The molecule has 0 aromatic heterocycles. The summed E-state index contributed by atoms with van der Waals surface area (Å²) in [6.45, 7) is 0. The molecule has 0 spiro atoms. The molecule has 0 aliphatic rings. The molecule has 6 nitrogen and oxygen atoms in total. The summed E-state index contributed by atoms with van der Waals surface area (Å²) in [6, 6.07) is 0. The summed E-state index contributed by atoms with van der Waals surface area (Å²) in [6.07, 6.45) is -59.3. The first-order valence-electron chi connectivity index (χ1n) is 6.36. The van der Waals surface area contributed by atoms with E-state index in [-0.39, 0.29) is 22.3 Å². The number of rotatable bonds is 11. The van der Waals surface area contributed by atoms with Gasteiger partial charge in [-0.15, -0.1) is 0 Å². The fraction of sp³-hybridized carbons (Fsp3) is 1.00. The van der Waals surface area contributed by atoms with Crippen LogP contribution in [-0.2, 0) is 14.2 Å². The third-order valence-electron chi connectivity index (χ3n) is 2.58. The zero-order chi connectivity index (χ0) is 26.6. The summed E-state index contributed by atoms with van der Waals surface area (Å²) in [4.78, 5) is 0. The van der Waals surface area contributed by atoms with Crippen LogP contribution < -0.4 is 0 Å². The molecule has 3 N–H and O–H groups in total. The largest absolute Gasteiger partial charge is 0.452 e. The van der Waals surface area contributed by atoms with E-state index in [0.29, 0.717) is 0 Å². The first kappa shape index (κ1) is 40.7. The van der Waals surface area contributed by atoms with Crippen molar-refractivity contribution < 1.29 is 104 Å². The number of alkyl halides is 17. The average molecular weight is 578 g/mol. The Morgan fingerprint density at radius 1 is 0.314 bits per heavy atom. The van der Waals surface area contributed by atoms with E-state index < -0.39 is 54.7 Å². The average Bonchev–Trinajstić information content (AvgIpc) is 2.40. The van der Waals surface area contributed by atoms with Crippen molar-refractivity contribution in [3.05, 3.63) is 0 Å². The highest BCUT2D eigenvalue weighted by Gasteiger charge is 2.84. The Kier molecular flexibility index (Phi) is 12.2. The van der Waals surface area contributed by atoms with Gasteiger partial charge in [-0.25, -0.2) is 9.47 Å². The van der Waals surface area contributed by atoms with Crippen LogP contribution in [0.4, 0.5) is 74.6 Å². The maximum atomic E-state index is 14.0. The minimum absolute atomic E-state index is 0. The highest BCUT2D eigenvalue weighted by molar-refractivity contribution is 4.92. The Hall–Kier alpha value is -1.43. The van der Waals surface area contributed by atoms with Gasteiger partial charge in [-0.2, -0.15) is 74.6 Å². The van der Waals surface area contributed by atoms with Crippen molar-refractivity contribution in [1.29, 1.82) is 0 Å². The van der Waals surface area contributed by atoms with E-state index in [4.69, 9.17) is 15.3 Å². The summed E-state index contributed by atoms with van der Waals surface area (Å²) in [5.41, 5.74) is 0. The van der Waals surface area contributed by atoms with Gasteiger partial charge in [-0.1, -0.05) is 22.3 Å². The monoisotopic (exact) mass is 578 g/mol. The van der Waals surface area contributed by atoms with Crippen molar-refractivity contribution in [1.82, 2.24) is 0 Å². The topological polar surface area (TPSA) is 88.4 Å². The summed E-state index contributed by atoms with van der Waals surface area (Å²) in [7, 11) is 0. The molecule has 0 unspecified atom stereocenters. The lowest BCUT2D eigenvalue weighted by molar-refractivity contribution is -0.594. The second-order valence-electron chi connectivity index (χ2n) is 5.11. The van der Waals surface area contributed by atoms with Crippen LogP contribution in [0.15, 0.2) is 0 Å². The van der Waals surface area contributed by atoms with Crippen molar-refractivity contribution >= 4 is 0 Å². The quantitative estimate of drug-likeness (QED) is 0.288. The van der Waals surface area contributed by atoms with Crippen LogP contribution in [0.2, 0.25) is 0 Å². The van der Waals surface area contributed by atoms with Crippen LogP contribution in [0.5, 0.6) is 0 Å². The van der Waals surface area contributed by atoms with Gasteiger partial charge in [0.25, 0.3) is 0 Å². The molecule has 218 valence electrons. The number of hydrogen-bond acceptors (Lipinski definition) is 6. The van der Waals surface area contributed by atoms with E-state index in [1.54, 1.807) is 0 Å². The summed E-state index contributed by atoms with van der Waals surface area (Å²) < 4.78 is 221. The molecule has 0 atom stereocenters. The van der Waals surface area contributed by atoms with E-state index in [1.165, 1.54) is 14.2 Å². The zero-order valence-electron chi connectivity index (χ0n) is 13.5. The van der Waals surface area contributed by atoms with Crippen LogP contribution in [0.25, 0.3) is 0 Å². The van der Waals surface area contributed by atoms with Gasteiger partial charge in [0.1, 0.15) is 0 Å². The molecule has 23 heteroatoms. The van der Waals surface area contributed by atoms with Crippen LogP contribution in [-0.4, -0.2) is 70.0 Å². The molecular formula is C12H15F17O6. The van der Waals surface area contributed by atoms with Crippen LogP contribution in [0, 0.1) is 0 Å². The summed E-state index contributed by atoms with van der Waals surface area (Å²) >= 11 is 0. The van der Waals surface area contributed by atoms with E-state index in [9.17, 15) is 74.6 Å². The SMILES string of the molecule is C.C.C.OC(F)(F)C(F)(F)OC(F)(F)C(F)(OC(F)(F)C(O)(F)F)C(F)(F)OC(F)(F)C(O)(F)F. The molecule has 0 heterocycles. The predicted octanol–water partition coefficient (Wildman–Crippen LogP) is 5.33. The maximum absolute atomic E-state index is 14.0. The molecule has 0 rings (SSSR count). The molecular weight excluding hydrogens is 563 g/mol. The van der Waals surface area contributed by atoms with Crippen molar-refractivity contribution in [2.45, 2.75) is 77.0 Å². The van der Waals surface area contributed by atoms with Gasteiger partial charge < -0.3 is 15.3 Å².